The van der Waals surface area contributed by atoms with Crippen molar-refractivity contribution in [3.63, 3.8) is 0 Å². The number of hydrogen-bond donors (Lipinski definition) is 2. The van der Waals surface area contributed by atoms with Crippen LogP contribution in [0.2, 0.25) is 0 Å². The van der Waals surface area contributed by atoms with Crippen molar-refractivity contribution in [1.29, 1.82) is 0 Å². The molecule has 116 valence electrons. The van der Waals surface area contributed by atoms with Gasteiger partial charge in [-0.2, -0.15) is 8.78 Å². The Morgan fingerprint density at radius 1 is 0.909 bits per heavy atom. The van der Waals surface area contributed by atoms with Gasteiger partial charge in [-0.15, -0.1) is 0 Å². The van der Waals surface area contributed by atoms with E-state index in [0.717, 1.165) is 24.3 Å². The second-order valence-electron chi connectivity index (χ2n) is 4.32. The lowest BCUT2D eigenvalue weighted by Gasteiger charge is -2.18. The second kappa shape index (κ2) is 5.94. The van der Waals surface area contributed by atoms with Crippen molar-refractivity contribution in [2.75, 3.05) is 0 Å². The Bertz CT molecular complexity index is 653. The van der Waals surface area contributed by atoms with Gasteiger partial charge < -0.3 is 14.8 Å². The highest BCUT2D eigenvalue weighted by Crippen LogP contribution is 2.32. The molecule has 2 aromatic rings. The highest BCUT2D eigenvalue weighted by atomic mass is 19.3. The largest absolute Gasteiger partial charge is 0.488 e. The molecule has 0 heterocycles. The van der Waals surface area contributed by atoms with Gasteiger partial charge in [0, 0.05) is 12.1 Å². The second-order valence-corrected chi connectivity index (χ2v) is 4.32. The van der Waals surface area contributed by atoms with Gasteiger partial charge in [-0.05, 0) is 17.6 Å². The van der Waals surface area contributed by atoms with Crippen molar-refractivity contribution in [2.45, 2.75) is 6.11 Å². The first-order chi connectivity index (χ1) is 10.2. The topological polar surface area (TPSA) is 49.7 Å². The minimum atomic E-state index is -3.96. The summed E-state index contributed by atoms with van der Waals surface area (Å²) in [4.78, 5) is 0. The number of rotatable bonds is 4. The van der Waals surface area contributed by atoms with E-state index < -0.39 is 42.0 Å². The van der Waals surface area contributed by atoms with Crippen molar-refractivity contribution >= 4 is 12.6 Å². The summed E-state index contributed by atoms with van der Waals surface area (Å²) in [5, 5.41) is 17.7. The monoisotopic (exact) mass is 318 g/mol. The van der Waals surface area contributed by atoms with Crippen LogP contribution in [0.3, 0.4) is 0 Å². The molecule has 0 bridgehead atoms. The first-order valence-corrected chi connectivity index (χ1v) is 5.88. The smallest absolute Gasteiger partial charge is 0.429 e. The Morgan fingerprint density at radius 2 is 1.41 bits per heavy atom. The lowest BCUT2D eigenvalue weighted by molar-refractivity contribution is -0.185. The molecule has 0 aliphatic rings. The van der Waals surface area contributed by atoms with E-state index in [-0.39, 0.29) is 17.6 Å². The van der Waals surface area contributed by atoms with Crippen LogP contribution in [0.1, 0.15) is 5.56 Å². The first-order valence-electron chi connectivity index (χ1n) is 5.88. The third-order valence-corrected chi connectivity index (χ3v) is 2.75. The summed E-state index contributed by atoms with van der Waals surface area (Å²) in [5.41, 5.74) is -0.722. The van der Waals surface area contributed by atoms with Gasteiger partial charge >= 0.3 is 13.2 Å². The standard InChI is InChI=1S/C13H8BF5O3/c15-10-5-9(6-11(16)12(10)17)22-13(18,19)7-1-3-8(4-2-7)14(20)21/h1-6,20-21H. The van der Waals surface area contributed by atoms with E-state index in [2.05, 4.69) is 4.74 Å². The highest BCUT2D eigenvalue weighted by Gasteiger charge is 2.35. The maximum atomic E-state index is 13.9. The molecule has 0 radical (unpaired) electrons. The Kier molecular flexibility index (Phi) is 4.38. The van der Waals surface area contributed by atoms with Gasteiger partial charge in [0.05, 0.1) is 5.56 Å². The molecule has 0 fully saturated rings. The summed E-state index contributed by atoms with van der Waals surface area (Å²) < 4.78 is 70.6. The van der Waals surface area contributed by atoms with Gasteiger partial charge in [-0.3, -0.25) is 0 Å². The normalized spacial score (nSPS) is 11.4. The fourth-order valence-corrected chi connectivity index (χ4v) is 1.65. The molecule has 0 aromatic heterocycles. The summed E-state index contributed by atoms with van der Waals surface area (Å²) in [6, 6.07) is 4.32. The van der Waals surface area contributed by atoms with Crippen molar-refractivity contribution < 1.29 is 36.7 Å². The zero-order chi connectivity index (χ0) is 16.5. The number of halogens is 5. The predicted octanol–water partition coefficient (Wildman–Crippen LogP) is 1.91. The summed E-state index contributed by atoms with van der Waals surface area (Å²) in [6.45, 7) is 0. The molecule has 2 aromatic carbocycles. The molecule has 0 aliphatic carbocycles. The zero-order valence-electron chi connectivity index (χ0n) is 10.7. The maximum absolute atomic E-state index is 13.9. The molecule has 0 amide bonds. The Morgan fingerprint density at radius 3 is 1.86 bits per heavy atom. The summed E-state index contributed by atoms with van der Waals surface area (Å²) in [5.74, 6) is -6.02. The lowest BCUT2D eigenvalue weighted by Crippen LogP contribution is -2.30. The van der Waals surface area contributed by atoms with Crippen LogP contribution in [0.15, 0.2) is 36.4 Å². The molecular formula is C13H8BF5O3. The van der Waals surface area contributed by atoms with E-state index in [1.807, 2.05) is 0 Å². The van der Waals surface area contributed by atoms with Crippen LogP contribution < -0.4 is 10.2 Å². The van der Waals surface area contributed by atoms with Crippen LogP contribution >= 0.6 is 0 Å². The Balaban J connectivity index is 2.27. The molecule has 9 heteroatoms. The average molecular weight is 318 g/mol. The highest BCUT2D eigenvalue weighted by molar-refractivity contribution is 6.58. The average Bonchev–Trinajstić information content (AvgIpc) is 2.44. The Labute approximate surface area is 121 Å². The molecule has 2 rings (SSSR count). The van der Waals surface area contributed by atoms with Crippen LogP contribution in [0.5, 0.6) is 5.75 Å². The summed E-state index contributed by atoms with van der Waals surface area (Å²) in [6.07, 6.45) is -3.96. The summed E-state index contributed by atoms with van der Waals surface area (Å²) >= 11 is 0. The number of alkyl halides is 2. The van der Waals surface area contributed by atoms with Crippen LogP contribution in [0, 0.1) is 17.5 Å². The van der Waals surface area contributed by atoms with Gasteiger partial charge in [0.25, 0.3) is 0 Å². The van der Waals surface area contributed by atoms with Gasteiger partial charge in [0.1, 0.15) is 5.75 Å². The molecule has 22 heavy (non-hydrogen) atoms. The molecule has 0 atom stereocenters. The Hall–Kier alpha value is -2.13. The SMILES string of the molecule is OB(O)c1ccc(C(F)(F)Oc2cc(F)c(F)c(F)c2)cc1. The van der Waals surface area contributed by atoms with Crippen molar-refractivity contribution in [2.24, 2.45) is 0 Å². The molecule has 0 spiro atoms. The van der Waals surface area contributed by atoms with Gasteiger partial charge in [-0.1, -0.05) is 12.1 Å². The third-order valence-electron chi connectivity index (χ3n) is 2.75. The summed E-state index contributed by atoms with van der Waals surface area (Å²) in [7, 11) is -1.83. The van der Waals surface area contributed by atoms with Crippen LogP contribution in [-0.4, -0.2) is 17.2 Å². The minimum Gasteiger partial charge on any atom is -0.429 e. The van der Waals surface area contributed by atoms with Gasteiger partial charge in [-0.25, -0.2) is 13.2 Å². The number of ether oxygens (including phenoxy) is 1. The van der Waals surface area contributed by atoms with Crippen molar-refractivity contribution in [1.82, 2.24) is 0 Å². The third kappa shape index (κ3) is 3.37. The van der Waals surface area contributed by atoms with E-state index in [1.165, 1.54) is 0 Å². The molecule has 0 saturated carbocycles. The van der Waals surface area contributed by atoms with Crippen molar-refractivity contribution in [3.8, 4) is 5.75 Å². The predicted molar refractivity (Wildman–Crippen MR) is 67.1 cm³/mol. The van der Waals surface area contributed by atoms with E-state index in [1.54, 1.807) is 0 Å². The molecule has 2 N–H and O–H groups in total. The molecule has 0 unspecified atom stereocenters. The van der Waals surface area contributed by atoms with Gasteiger partial charge in [0.15, 0.2) is 17.5 Å². The van der Waals surface area contributed by atoms with Gasteiger partial charge in [0.2, 0.25) is 0 Å². The van der Waals surface area contributed by atoms with E-state index in [0.29, 0.717) is 0 Å². The van der Waals surface area contributed by atoms with Crippen LogP contribution in [0.4, 0.5) is 22.0 Å². The number of benzene rings is 2. The van der Waals surface area contributed by atoms with Crippen LogP contribution in [-0.2, 0) is 6.11 Å². The zero-order valence-corrected chi connectivity index (χ0v) is 10.7. The lowest BCUT2D eigenvalue weighted by atomic mass is 9.80. The van der Waals surface area contributed by atoms with Crippen LogP contribution in [0.25, 0.3) is 0 Å². The molecular weight excluding hydrogens is 310 g/mol. The molecule has 3 nitrogen and oxygen atoms in total. The van der Waals surface area contributed by atoms with E-state index in [4.69, 9.17) is 10.0 Å². The fourth-order valence-electron chi connectivity index (χ4n) is 1.65. The van der Waals surface area contributed by atoms with E-state index in [9.17, 15) is 22.0 Å². The fraction of sp³-hybridized carbons (Fsp3) is 0.0769. The molecule has 0 aliphatic heterocycles. The first kappa shape index (κ1) is 16.2. The molecule has 0 saturated heterocycles. The quantitative estimate of drug-likeness (QED) is 0.514. The minimum absolute atomic E-state index is 0.0292. The van der Waals surface area contributed by atoms with E-state index >= 15 is 0 Å². The number of hydrogen-bond acceptors (Lipinski definition) is 3. The maximum Gasteiger partial charge on any atom is 0.488 e. The van der Waals surface area contributed by atoms with Crippen molar-refractivity contribution in [3.05, 3.63) is 59.4 Å².